The van der Waals surface area contributed by atoms with E-state index >= 15 is 0 Å². The van der Waals surface area contributed by atoms with Gasteiger partial charge in [0.15, 0.2) is 0 Å². The number of rotatable bonds is 1. The van der Waals surface area contributed by atoms with Gasteiger partial charge in [-0.05, 0) is 31.0 Å². The van der Waals surface area contributed by atoms with Crippen LogP contribution in [0.4, 0.5) is 10.1 Å². The molecule has 0 saturated carbocycles. The minimum absolute atomic E-state index is 0.136. The molecule has 1 atom stereocenters. The van der Waals surface area contributed by atoms with E-state index in [1.807, 2.05) is 12.1 Å². The summed E-state index contributed by atoms with van der Waals surface area (Å²) in [5.74, 6) is -0.136. The van der Waals surface area contributed by atoms with E-state index in [1.165, 1.54) is 0 Å². The normalized spacial score (nSPS) is 21.6. The van der Waals surface area contributed by atoms with Crippen LogP contribution in [-0.2, 0) is 0 Å². The van der Waals surface area contributed by atoms with Gasteiger partial charge in [0.1, 0.15) is 5.82 Å². The molecule has 0 bridgehead atoms. The van der Waals surface area contributed by atoms with Crippen LogP contribution in [0.3, 0.4) is 0 Å². The number of hydrogen-bond acceptors (Lipinski definition) is 2. The molecule has 14 heavy (non-hydrogen) atoms. The van der Waals surface area contributed by atoms with Crippen molar-refractivity contribution >= 4 is 5.69 Å². The Morgan fingerprint density at radius 2 is 2.29 bits per heavy atom. The van der Waals surface area contributed by atoms with Crippen molar-refractivity contribution in [2.24, 2.45) is 5.73 Å². The van der Waals surface area contributed by atoms with E-state index in [1.54, 1.807) is 13.0 Å². The van der Waals surface area contributed by atoms with Crippen LogP contribution in [0.25, 0.3) is 0 Å². The zero-order chi connectivity index (χ0) is 10.1. The topological polar surface area (TPSA) is 29.3 Å². The second-order valence-electron chi connectivity index (χ2n) is 3.93. The van der Waals surface area contributed by atoms with Crippen LogP contribution in [0, 0.1) is 12.7 Å². The van der Waals surface area contributed by atoms with Gasteiger partial charge in [0.05, 0.1) is 0 Å². The monoisotopic (exact) mass is 194 g/mol. The van der Waals surface area contributed by atoms with Gasteiger partial charge in [-0.1, -0.05) is 6.07 Å². The molecule has 1 aliphatic rings. The van der Waals surface area contributed by atoms with Crippen LogP contribution >= 0.6 is 0 Å². The van der Waals surface area contributed by atoms with E-state index in [2.05, 4.69) is 4.90 Å². The van der Waals surface area contributed by atoms with Gasteiger partial charge in [-0.2, -0.15) is 0 Å². The number of halogens is 1. The van der Waals surface area contributed by atoms with Gasteiger partial charge in [0.25, 0.3) is 0 Å². The van der Waals surface area contributed by atoms with E-state index in [9.17, 15) is 4.39 Å². The largest absolute Gasteiger partial charge is 0.370 e. The molecular weight excluding hydrogens is 179 g/mol. The van der Waals surface area contributed by atoms with Gasteiger partial charge in [-0.15, -0.1) is 0 Å². The number of anilines is 1. The molecule has 1 fully saturated rings. The third kappa shape index (κ3) is 1.73. The van der Waals surface area contributed by atoms with Gasteiger partial charge < -0.3 is 10.6 Å². The summed E-state index contributed by atoms with van der Waals surface area (Å²) in [6.45, 7) is 3.54. The fraction of sp³-hybridized carbons (Fsp3) is 0.455. The van der Waals surface area contributed by atoms with E-state index in [0.29, 0.717) is 5.56 Å². The summed E-state index contributed by atoms with van der Waals surface area (Å²) in [6.07, 6.45) is 0.996. The Labute approximate surface area is 83.5 Å². The first kappa shape index (κ1) is 9.46. The van der Waals surface area contributed by atoms with Crippen molar-refractivity contribution < 1.29 is 4.39 Å². The Morgan fingerprint density at radius 1 is 1.50 bits per heavy atom. The molecule has 2 rings (SSSR count). The maximum Gasteiger partial charge on any atom is 0.128 e. The molecule has 0 amide bonds. The first-order chi connectivity index (χ1) is 6.66. The third-order valence-electron chi connectivity index (χ3n) is 2.75. The van der Waals surface area contributed by atoms with E-state index < -0.39 is 0 Å². The van der Waals surface area contributed by atoms with E-state index in [-0.39, 0.29) is 11.9 Å². The maximum absolute atomic E-state index is 13.3. The summed E-state index contributed by atoms with van der Waals surface area (Å²) in [4.78, 5) is 2.13. The van der Waals surface area contributed by atoms with Crippen LogP contribution < -0.4 is 10.6 Å². The Kier molecular flexibility index (Phi) is 2.42. The number of nitrogens with two attached hydrogens (primary N) is 1. The lowest BCUT2D eigenvalue weighted by molar-refractivity contribution is 0.618. The van der Waals surface area contributed by atoms with Crippen LogP contribution in [-0.4, -0.2) is 19.1 Å². The molecule has 1 heterocycles. The highest BCUT2D eigenvalue weighted by atomic mass is 19.1. The third-order valence-corrected chi connectivity index (χ3v) is 2.75. The molecule has 0 spiro atoms. The SMILES string of the molecule is Cc1ccc(N2CC[C@@H](N)C2)cc1F. The van der Waals surface area contributed by atoms with Crippen LogP contribution in [0.5, 0.6) is 0 Å². The molecule has 1 aromatic rings. The molecule has 0 unspecified atom stereocenters. The average molecular weight is 194 g/mol. The van der Waals surface area contributed by atoms with Crippen molar-refractivity contribution in [3.63, 3.8) is 0 Å². The first-order valence-electron chi connectivity index (χ1n) is 4.93. The van der Waals surface area contributed by atoms with Crippen molar-refractivity contribution in [1.29, 1.82) is 0 Å². The Morgan fingerprint density at radius 3 is 2.86 bits per heavy atom. The van der Waals surface area contributed by atoms with Crippen molar-refractivity contribution in [2.45, 2.75) is 19.4 Å². The first-order valence-corrected chi connectivity index (χ1v) is 4.93. The summed E-state index contributed by atoms with van der Waals surface area (Å²) >= 11 is 0. The van der Waals surface area contributed by atoms with Crippen molar-refractivity contribution in [1.82, 2.24) is 0 Å². The fourth-order valence-electron chi connectivity index (χ4n) is 1.80. The standard InChI is InChI=1S/C11H15FN2/c1-8-2-3-10(6-11(8)12)14-5-4-9(13)7-14/h2-3,6,9H,4-5,7,13H2,1H3/t9-/m1/s1. The molecule has 2 nitrogen and oxygen atoms in total. The van der Waals surface area contributed by atoms with Crippen LogP contribution in [0.1, 0.15) is 12.0 Å². The van der Waals surface area contributed by atoms with Crippen LogP contribution in [0.15, 0.2) is 18.2 Å². The van der Waals surface area contributed by atoms with Crippen molar-refractivity contribution in [3.8, 4) is 0 Å². The van der Waals surface area contributed by atoms with Gasteiger partial charge >= 0.3 is 0 Å². The molecule has 76 valence electrons. The molecule has 1 aliphatic heterocycles. The number of hydrogen-bond donors (Lipinski definition) is 1. The molecular formula is C11H15FN2. The smallest absolute Gasteiger partial charge is 0.128 e. The van der Waals surface area contributed by atoms with Crippen LogP contribution in [0.2, 0.25) is 0 Å². The molecule has 1 saturated heterocycles. The van der Waals surface area contributed by atoms with Gasteiger partial charge in [0.2, 0.25) is 0 Å². The van der Waals surface area contributed by atoms with E-state index in [4.69, 9.17) is 5.73 Å². The molecule has 0 aromatic heterocycles. The zero-order valence-corrected chi connectivity index (χ0v) is 8.33. The number of aryl methyl sites for hydroxylation is 1. The lowest BCUT2D eigenvalue weighted by Crippen LogP contribution is -2.26. The minimum Gasteiger partial charge on any atom is -0.370 e. The summed E-state index contributed by atoms with van der Waals surface area (Å²) < 4.78 is 13.3. The molecule has 3 heteroatoms. The quantitative estimate of drug-likeness (QED) is 0.737. The minimum atomic E-state index is -0.136. The average Bonchev–Trinajstić information content (AvgIpc) is 2.57. The van der Waals surface area contributed by atoms with Gasteiger partial charge in [0, 0.05) is 24.8 Å². The summed E-state index contributed by atoms with van der Waals surface area (Å²) in [5.41, 5.74) is 7.43. The highest BCUT2D eigenvalue weighted by Crippen LogP contribution is 2.21. The maximum atomic E-state index is 13.3. The lowest BCUT2D eigenvalue weighted by atomic mass is 10.2. The summed E-state index contributed by atoms with van der Waals surface area (Å²) in [5, 5.41) is 0. The predicted octanol–water partition coefficient (Wildman–Crippen LogP) is 1.67. The molecule has 0 aliphatic carbocycles. The second-order valence-corrected chi connectivity index (χ2v) is 3.93. The Balaban J connectivity index is 2.20. The van der Waals surface area contributed by atoms with Gasteiger partial charge in [-0.25, -0.2) is 4.39 Å². The zero-order valence-electron chi connectivity index (χ0n) is 8.33. The predicted molar refractivity (Wildman–Crippen MR) is 55.9 cm³/mol. The highest BCUT2D eigenvalue weighted by molar-refractivity contribution is 5.49. The fourth-order valence-corrected chi connectivity index (χ4v) is 1.80. The highest BCUT2D eigenvalue weighted by Gasteiger charge is 2.19. The van der Waals surface area contributed by atoms with Crippen molar-refractivity contribution in [3.05, 3.63) is 29.6 Å². The molecule has 2 N–H and O–H groups in total. The number of nitrogens with zero attached hydrogens (tertiary/aromatic N) is 1. The summed E-state index contributed by atoms with van der Waals surface area (Å²) in [6, 6.07) is 5.59. The Bertz CT molecular complexity index is 338. The Hall–Kier alpha value is -1.09. The van der Waals surface area contributed by atoms with Crippen molar-refractivity contribution in [2.75, 3.05) is 18.0 Å². The second kappa shape index (κ2) is 3.58. The number of benzene rings is 1. The molecule has 1 aromatic carbocycles. The lowest BCUT2D eigenvalue weighted by Gasteiger charge is -2.18. The summed E-state index contributed by atoms with van der Waals surface area (Å²) in [7, 11) is 0. The molecule has 0 radical (unpaired) electrons. The van der Waals surface area contributed by atoms with E-state index in [0.717, 1.165) is 25.2 Å². The van der Waals surface area contributed by atoms with Gasteiger partial charge in [-0.3, -0.25) is 0 Å².